The lowest BCUT2D eigenvalue weighted by Crippen LogP contribution is -2.25. The summed E-state index contributed by atoms with van der Waals surface area (Å²) in [6, 6.07) is 0.124. The molecule has 126 valence electrons. The third kappa shape index (κ3) is 3.74. The van der Waals surface area contributed by atoms with Gasteiger partial charge in [0.25, 0.3) is 0 Å². The van der Waals surface area contributed by atoms with Crippen LogP contribution in [0.15, 0.2) is 24.7 Å². The van der Waals surface area contributed by atoms with Crippen molar-refractivity contribution in [3.8, 4) is 0 Å². The van der Waals surface area contributed by atoms with Gasteiger partial charge in [-0.2, -0.15) is 0 Å². The molecule has 3 rings (SSSR count). The third-order valence-corrected chi connectivity index (χ3v) is 5.83. The molecule has 0 aromatic carbocycles. The molecule has 2 atom stereocenters. The normalized spacial score (nSPS) is 23.7. The van der Waals surface area contributed by atoms with Crippen LogP contribution < -0.4 is 5.73 Å². The lowest BCUT2D eigenvalue weighted by atomic mass is 9.83. The van der Waals surface area contributed by atoms with Gasteiger partial charge in [0.1, 0.15) is 5.69 Å². The van der Waals surface area contributed by atoms with Gasteiger partial charge in [0.2, 0.25) is 0 Å². The quantitative estimate of drug-likeness (QED) is 0.593. The molecule has 3 N–H and O–H groups in total. The van der Waals surface area contributed by atoms with Gasteiger partial charge >= 0.3 is 0 Å². The molecule has 0 aliphatic heterocycles. The molecule has 4 nitrogen and oxygen atoms in total. The van der Waals surface area contributed by atoms with Crippen molar-refractivity contribution < 1.29 is 4.79 Å². The van der Waals surface area contributed by atoms with E-state index in [9.17, 15) is 4.79 Å². The number of nitrogens with two attached hydrogens (primary N) is 1. The molecular formula is C19H29N3O. The van der Waals surface area contributed by atoms with Gasteiger partial charge in [-0.05, 0) is 31.1 Å². The second-order valence-corrected chi connectivity index (χ2v) is 7.53. The fraction of sp³-hybridized carbons (Fsp3) is 0.684. The number of allylic oxidation sites excluding steroid dienone is 1. The summed E-state index contributed by atoms with van der Waals surface area (Å²) < 4.78 is 0. The first kappa shape index (κ1) is 16.4. The molecule has 23 heavy (non-hydrogen) atoms. The number of aromatic amines is 1. The molecule has 0 saturated heterocycles. The van der Waals surface area contributed by atoms with Gasteiger partial charge in [-0.15, -0.1) is 0 Å². The van der Waals surface area contributed by atoms with E-state index in [0.717, 1.165) is 25.2 Å². The molecule has 0 spiro atoms. The van der Waals surface area contributed by atoms with Crippen LogP contribution in [-0.2, 0) is 0 Å². The SMILES string of the molecule is C[C@H](/C=C/[C@@H](N)CC1CCCCC1)C1(C(=O)c2cnc[nH]2)CC1. The molecule has 0 radical (unpaired) electrons. The Labute approximate surface area is 138 Å². The lowest BCUT2D eigenvalue weighted by Gasteiger charge is -2.24. The standard InChI is InChI=1S/C19H29N3O/c1-14(7-8-16(20)11-15-5-3-2-4-6-15)19(9-10-19)18(23)17-12-21-13-22-17/h7-8,12-16H,2-6,9-11,20H2,1H3,(H,21,22)/b8-7+/t14-,16-/m1/s1. The number of hydrogen-bond donors (Lipinski definition) is 2. The number of H-pyrrole nitrogens is 1. The van der Waals surface area contributed by atoms with Crippen molar-refractivity contribution in [2.45, 2.75) is 64.3 Å². The first-order valence-electron chi connectivity index (χ1n) is 9.09. The minimum absolute atomic E-state index is 0.124. The van der Waals surface area contributed by atoms with Gasteiger partial charge in [0, 0.05) is 11.5 Å². The summed E-state index contributed by atoms with van der Waals surface area (Å²) in [5.74, 6) is 1.23. The summed E-state index contributed by atoms with van der Waals surface area (Å²) in [5, 5.41) is 0. The highest BCUT2D eigenvalue weighted by Crippen LogP contribution is 2.54. The van der Waals surface area contributed by atoms with Crippen LogP contribution in [0.4, 0.5) is 0 Å². The van der Waals surface area contributed by atoms with Crippen LogP contribution in [0, 0.1) is 17.3 Å². The maximum atomic E-state index is 12.7. The van der Waals surface area contributed by atoms with E-state index in [1.807, 2.05) is 0 Å². The number of imidazole rings is 1. The van der Waals surface area contributed by atoms with Crippen LogP contribution in [0.5, 0.6) is 0 Å². The average molecular weight is 315 g/mol. The van der Waals surface area contributed by atoms with E-state index in [1.165, 1.54) is 32.1 Å². The minimum atomic E-state index is -0.229. The van der Waals surface area contributed by atoms with Gasteiger partial charge in [0.05, 0.1) is 12.5 Å². The van der Waals surface area contributed by atoms with E-state index in [-0.39, 0.29) is 23.2 Å². The first-order valence-corrected chi connectivity index (χ1v) is 9.09. The summed E-state index contributed by atoms with van der Waals surface area (Å²) in [7, 11) is 0. The Bertz CT molecular complexity index is 539. The topological polar surface area (TPSA) is 71.8 Å². The van der Waals surface area contributed by atoms with E-state index >= 15 is 0 Å². The zero-order valence-electron chi connectivity index (χ0n) is 14.1. The van der Waals surface area contributed by atoms with Crippen molar-refractivity contribution in [2.75, 3.05) is 0 Å². The summed E-state index contributed by atoms with van der Waals surface area (Å²) >= 11 is 0. The van der Waals surface area contributed by atoms with Crippen LogP contribution in [0.25, 0.3) is 0 Å². The van der Waals surface area contributed by atoms with Gasteiger partial charge in [-0.25, -0.2) is 4.98 Å². The molecule has 2 aliphatic carbocycles. The van der Waals surface area contributed by atoms with Gasteiger partial charge in [-0.1, -0.05) is 51.2 Å². The molecule has 1 heterocycles. The summed E-state index contributed by atoms with van der Waals surface area (Å²) in [6.07, 6.45) is 17.3. The van der Waals surface area contributed by atoms with Crippen molar-refractivity contribution >= 4 is 5.78 Å². The molecule has 1 aromatic heterocycles. The Morgan fingerprint density at radius 2 is 2.13 bits per heavy atom. The predicted molar refractivity (Wildman–Crippen MR) is 92.1 cm³/mol. The number of hydrogen-bond acceptors (Lipinski definition) is 3. The van der Waals surface area contributed by atoms with Crippen LogP contribution in [0.2, 0.25) is 0 Å². The maximum Gasteiger partial charge on any atom is 0.187 e. The molecule has 0 amide bonds. The number of carbonyl (C=O) groups is 1. The zero-order valence-corrected chi connectivity index (χ0v) is 14.1. The molecule has 0 unspecified atom stereocenters. The molecule has 2 fully saturated rings. The van der Waals surface area contributed by atoms with Crippen LogP contribution in [0.1, 0.15) is 68.8 Å². The van der Waals surface area contributed by atoms with E-state index in [2.05, 4.69) is 29.0 Å². The Hall–Kier alpha value is -1.42. The van der Waals surface area contributed by atoms with Gasteiger partial charge in [0.15, 0.2) is 5.78 Å². The van der Waals surface area contributed by atoms with Crippen molar-refractivity contribution in [1.29, 1.82) is 0 Å². The minimum Gasteiger partial charge on any atom is -0.342 e. The van der Waals surface area contributed by atoms with Crippen molar-refractivity contribution in [3.05, 3.63) is 30.4 Å². The maximum absolute atomic E-state index is 12.7. The number of nitrogens with zero attached hydrogens (tertiary/aromatic N) is 1. The highest BCUT2D eigenvalue weighted by Gasteiger charge is 2.53. The Morgan fingerprint density at radius 1 is 1.39 bits per heavy atom. The number of aromatic nitrogens is 2. The van der Waals surface area contributed by atoms with Crippen molar-refractivity contribution in [1.82, 2.24) is 9.97 Å². The second kappa shape index (κ2) is 7.00. The Balaban J connectivity index is 1.55. The van der Waals surface area contributed by atoms with Gasteiger partial charge in [-0.3, -0.25) is 4.79 Å². The number of rotatable bonds is 7. The molecule has 2 saturated carbocycles. The van der Waals surface area contributed by atoms with Gasteiger partial charge < -0.3 is 10.7 Å². The highest BCUT2D eigenvalue weighted by molar-refractivity contribution is 6.00. The van der Waals surface area contributed by atoms with Crippen molar-refractivity contribution in [3.63, 3.8) is 0 Å². The summed E-state index contributed by atoms with van der Waals surface area (Å²) in [6.45, 7) is 2.14. The number of nitrogens with one attached hydrogen (secondary N) is 1. The first-order chi connectivity index (χ1) is 11.1. The molecule has 4 heteroatoms. The molecule has 0 bridgehead atoms. The van der Waals surface area contributed by atoms with E-state index in [4.69, 9.17) is 5.73 Å². The zero-order chi connectivity index (χ0) is 16.3. The summed E-state index contributed by atoms with van der Waals surface area (Å²) in [4.78, 5) is 19.6. The number of carbonyl (C=O) groups excluding carboxylic acids is 1. The lowest BCUT2D eigenvalue weighted by molar-refractivity contribution is 0.0865. The monoisotopic (exact) mass is 315 g/mol. The smallest absolute Gasteiger partial charge is 0.187 e. The Morgan fingerprint density at radius 3 is 2.74 bits per heavy atom. The van der Waals surface area contributed by atoms with E-state index in [0.29, 0.717) is 5.69 Å². The van der Waals surface area contributed by atoms with Crippen LogP contribution >= 0.6 is 0 Å². The fourth-order valence-corrected chi connectivity index (χ4v) is 4.05. The second-order valence-electron chi connectivity index (χ2n) is 7.53. The predicted octanol–water partition coefficient (Wildman–Crippen LogP) is 3.86. The highest BCUT2D eigenvalue weighted by atomic mass is 16.1. The molecule has 2 aliphatic rings. The molecule has 1 aromatic rings. The van der Waals surface area contributed by atoms with E-state index in [1.54, 1.807) is 12.5 Å². The van der Waals surface area contributed by atoms with Crippen LogP contribution in [-0.4, -0.2) is 21.8 Å². The number of ketones is 1. The summed E-state index contributed by atoms with van der Waals surface area (Å²) in [5.41, 5.74) is 6.70. The fourth-order valence-electron chi connectivity index (χ4n) is 4.05. The number of Topliss-reactive ketones (excluding diaryl/α,β-unsaturated/α-hetero) is 1. The van der Waals surface area contributed by atoms with Crippen LogP contribution in [0.3, 0.4) is 0 Å². The third-order valence-electron chi connectivity index (χ3n) is 5.83. The molecular weight excluding hydrogens is 286 g/mol. The average Bonchev–Trinajstić information content (AvgIpc) is 3.20. The largest absolute Gasteiger partial charge is 0.342 e. The van der Waals surface area contributed by atoms with Crippen molar-refractivity contribution in [2.24, 2.45) is 23.0 Å². The van der Waals surface area contributed by atoms with E-state index < -0.39 is 0 Å². The Kier molecular flexibility index (Phi) is 5.00.